The van der Waals surface area contributed by atoms with E-state index in [0.29, 0.717) is 12.3 Å². The molecule has 1 saturated heterocycles. The Kier molecular flexibility index (Phi) is 3.56. The molecule has 1 N–H and O–H groups in total. The molecule has 0 spiro atoms. The van der Waals surface area contributed by atoms with E-state index in [2.05, 4.69) is 10.3 Å². The van der Waals surface area contributed by atoms with E-state index in [1.807, 2.05) is 12.1 Å². The van der Waals surface area contributed by atoms with Gasteiger partial charge in [-0.1, -0.05) is 6.07 Å². The minimum atomic E-state index is -2.81. The first-order valence-electron chi connectivity index (χ1n) is 5.48. The number of aromatic nitrogens is 1. The molecule has 16 heavy (non-hydrogen) atoms. The summed E-state index contributed by atoms with van der Waals surface area (Å²) in [6, 6.07) is 3.96. The standard InChI is InChI=1S/C11H16N2O2S/c14-16(15)6-2-4-11(9-16)13-8-10-3-1-5-12-7-10/h1,3,5,7,11,13H,2,4,6,8-9H2. The zero-order valence-electron chi connectivity index (χ0n) is 9.09. The van der Waals surface area contributed by atoms with Crippen LogP contribution in [0, 0.1) is 0 Å². The molecular formula is C11H16N2O2S. The number of hydrogen-bond donors (Lipinski definition) is 1. The Labute approximate surface area is 96.0 Å². The smallest absolute Gasteiger partial charge is 0.151 e. The lowest BCUT2D eigenvalue weighted by Gasteiger charge is -2.23. The second kappa shape index (κ2) is 4.93. The normalized spacial score (nSPS) is 24.1. The van der Waals surface area contributed by atoms with Crippen molar-refractivity contribution in [3.05, 3.63) is 30.1 Å². The van der Waals surface area contributed by atoms with Crippen LogP contribution >= 0.6 is 0 Å². The van der Waals surface area contributed by atoms with Crippen molar-refractivity contribution >= 4 is 9.84 Å². The monoisotopic (exact) mass is 240 g/mol. The number of hydrogen-bond acceptors (Lipinski definition) is 4. The first-order valence-corrected chi connectivity index (χ1v) is 7.30. The third-order valence-electron chi connectivity index (χ3n) is 2.78. The van der Waals surface area contributed by atoms with Crippen molar-refractivity contribution in [3.63, 3.8) is 0 Å². The van der Waals surface area contributed by atoms with Gasteiger partial charge in [-0.05, 0) is 24.5 Å². The van der Waals surface area contributed by atoms with Crippen LogP contribution in [0.5, 0.6) is 0 Å². The zero-order chi connectivity index (χ0) is 11.4. The van der Waals surface area contributed by atoms with E-state index in [-0.39, 0.29) is 11.8 Å². The first-order chi connectivity index (χ1) is 7.66. The van der Waals surface area contributed by atoms with Crippen molar-refractivity contribution in [2.24, 2.45) is 0 Å². The first kappa shape index (κ1) is 11.5. The predicted octanol–water partition coefficient (Wildman–Crippen LogP) is 0.748. The maximum atomic E-state index is 11.4. The summed E-state index contributed by atoms with van der Waals surface area (Å²) in [4.78, 5) is 4.02. The maximum Gasteiger partial charge on any atom is 0.151 e. The second-order valence-corrected chi connectivity index (χ2v) is 6.42. The fraction of sp³-hybridized carbons (Fsp3) is 0.545. The van der Waals surface area contributed by atoms with Crippen LogP contribution in [0.4, 0.5) is 0 Å². The van der Waals surface area contributed by atoms with Gasteiger partial charge in [0, 0.05) is 25.0 Å². The number of pyridine rings is 1. The average Bonchev–Trinajstić information content (AvgIpc) is 2.27. The molecule has 0 amide bonds. The molecule has 1 unspecified atom stereocenters. The van der Waals surface area contributed by atoms with Crippen molar-refractivity contribution in [3.8, 4) is 0 Å². The number of nitrogens with one attached hydrogen (secondary N) is 1. The Balaban J connectivity index is 1.87. The summed E-state index contributed by atoms with van der Waals surface area (Å²) in [6.45, 7) is 0.689. The van der Waals surface area contributed by atoms with Gasteiger partial charge in [0.2, 0.25) is 0 Å². The minimum Gasteiger partial charge on any atom is -0.309 e. The maximum absolute atomic E-state index is 11.4. The van der Waals surface area contributed by atoms with Crippen molar-refractivity contribution in [1.82, 2.24) is 10.3 Å². The van der Waals surface area contributed by atoms with Gasteiger partial charge in [-0.3, -0.25) is 4.98 Å². The molecule has 4 nitrogen and oxygen atoms in total. The molecule has 0 aromatic carbocycles. The van der Waals surface area contributed by atoms with E-state index in [0.717, 1.165) is 18.4 Å². The highest BCUT2D eigenvalue weighted by atomic mass is 32.2. The summed E-state index contributed by atoms with van der Waals surface area (Å²) in [7, 11) is -2.81. The Morgan fingerprint density at radius 3 is 3.06 bits per heavy atom. The largest absolute Gasteiger partial charge is 0.309 e. The third kappa shape index (κ3) is 3.28. The van der Waals surface area contributed by atoms with E-state index >= 15 is 0 Å². The summed E-state index contributed by atoms with van der Waals surface area (Å²) >= 11 is 0. The molecule has 1 aromatic heterocycles. The topological polar surface area (TPSA) is 59.1 Å². The van der Waals surface area contributed by atoms with E-state index in [1.165, 1.54) is 0 Å². The van der Waals surface area contributed by atoms with Crippen LogP contribution in [-0.2, 0) is 16.4 Å². The summed E-state index contributed by atoms with van der Waals surface area (Å²) in [5, 5.41) is 3.27. The molecule has 0 bridgehead atoms. The average molecular weight is 240 g/mol. The van der Waals surface area contributed by atoms with Crippen LogP contribution in [0.2, 0.25) is 0 Å². The van der Waals surface area contributed by atoms with E-state index in [1.54, 1.807) is 12.4 Å². The molecule has 0 saturated carbocycles. The molecule has 2 rings (SSSR count). The summed E-state index contributed by atoms with van der Waals surface area (Å²) in [5.41, 5.74) is 1.09. The molecule has 1 fully saturated rings. The van der Waals surface area contributed by atoms with Gasteiger partial charge in [0.25, 0.3) is 0 Å². The fourth-order valence-corrected chi connectivity index (χ4v) is 3.62. The molecule has 1 atom stereocenters. The minimum absolute atomic E-state index is 0.0963. The zero-order valence-corrected chi connectivity index (χ0v) is 9.91. The molecule has 5 heteroatoms. The molecule has 0 aliphatic carbocycles. The van der Waals surface area contributed by atoms with Gasteiger partial charge in [-0.15, -0.1) is 0 Å². The van der Waals surface area contributed by atoms with Gasteiger partial charge in [0.05, 0.1) is 11.5 Å². The summed E-state index contributed by atoms with van der Waals surface area (Å²) in [6.07, 6.45) is 5.24. The highest BCUT2D eigenvalue weighted by Gasteiger charge is 2.23. The number of nitrogens with zero attached hydrogens (tertiary/aromatic N) is 1. The van der Waals surface area contributed by atoms with Crippen LogP contribution in [-0.4, -0.2) is 30.9 Å². The van der Waals surface area contributed by atoms with Gasteiger partial charge in [0.1, 0.15) is 0 Å². The predicted molar refractivity (Wildman–Crippen MR) is 62.8 cm³/mol. The van der Waals surface area contributed by atoms with Crippen LogP contribution in [0.3, 0.4) is 0 Å². The summed E-state index contributed by atoms with van der Waals surface area (Å²) < 4.78 is 22.8. The van der Waals surface area contributed by atoms with Crippen molar-refractivity contribution < 1.29 is 8.42 Å². The third-order valence-corrected chi connectivity index (χ3v) is 4.60. The van der Waals surface area contributed by atoms with E-state index in [4.69, 9.17) is 0 Å². The van der Waals surface area contributed by atoms with Crippen molar-refractivity contribution in [1.29, 1.82) is 0 Å². The molecule has 1 aliphatic heterocycles. The van der Waals surface area contributed by atoms with Gasteiger partial charge in [-0.25, -0.2) is 8.42 Å². The lowest BCUT2D eigenvalue weighted by Crippen LogP contribution is -2.39. The molecule has 2 heterocycles. The highest BCUT2D eigenvalue weighted by molar-refractivity contribution is 7.91. The lowest BCUT2D eigenvalue weighted by atomic mass is 10.2. The van der Waals surface area contributed by atoms with E-state index in [9.17, 15) is 8.42 Å². The van der Waals surface area contributed by atoms with Crippen molar-refractivity contribution in [2.75, 3.05) is 11.5 Å². The van der Waals surface area contributed by atoms with Crippen molar-refractivity contribution in [2.45, 2.75) is 25.4 Å². The van der Waals surface area contributed by atoms with Gasteiger partial charge in [-0.2, -0.15) is 0 Å². The van der Waals surface area contributed by atoms with Gasteiger partial charge >= 0.3 is 0 Å². The fourth-order valence-electron chi connectivity index (χ4n) is 1.95. The van der Waals surface area contributed by atoms with Gasteiger partial charge < -0.3 is 5.32 Å². The van der Waals surface area contributed by atoms with Crippen LogP contribution in [0.25, 0.3) is 0 Å². The van der Waals surface area contributed by atoms with Crippen LogP contribution in [0.15, 0.2) is 24.5 Å². The Morgan fingerprint density at radius 2 is 2.38 bits per heavy atom. The second-order valence-electron chi connectivity index (χ2n) is 4.20. The Morgan fingerprint density at radius 1 is 1.50 bits per heavy atom. The highest BCUT2D eigenvalue weighted by Crippen LogP contribution is 2.12. The Bertz CT molecular complexity index is 431. The number of rotatable bonds is 3. The summed E-state index contributed by atoms with van der Waals surface area (Å²) in [5.74, 6) is 0.616. The SMILES string of the molecule is O=S1(=O)CCCC(NCc2cccnc2)C1. The number of sulfone groups is 1. The molecule has 1 aromatic rings. The van der Waals surface area contributed by atoms with Gasteiger partial charge in [0.15, 0.2) is 9.84 Å². The molecule has 1 aliphatic rings. The lowest BCUT2D eigenvalue weighted by molar-refractivity contribution is 0.480. The molecule has 0 radical (unpaired) electrons. The van der Waals surface area contributed by atoms with Crippen LogP contribution in [0.1, 0.15) is 18.4 Å². The molecule has 88 valence electrons. The van der Waals surface area contributed by atoms with Crippen LogP contribution < -0.4 is 5.32 Å². The molecular weight excluding hydrogens is 224 g/mol. The Hall–Kier alpha value is -0.940. The van der Waals surface area contributed by atoms with E-state index < -0.39 is 9.84 Å². The quantitative estimate of drug-likeness (QED) is 0.847.